The number of nitrogens with zero attached hydrogens (tertiary/aromatic N) is 3. The van der Waals surface area contributed by atoms with Crippen LogP contribution in [0.4, 0.5) is 4.39 Å². The molecule has 0 unspecified atom stereocenters. The number of hydrogen-bond donors (Lipinski definition) is 0. The van der Waals surface area contributed by atoms with Crippen LogP contribution in [0.5, 0.6) is 0 Å². The van der Waals surface area contributed by atoms with E-state index in [0.29, 0.717) is 12.3 Å². The van der Waals surface area contributed by atoms with Gasteiger partial charge in [0.05, 0.1) is 18.5 Å². The van der Waals surface area contributed by atoms with E-state index < -0.39 is 0 Å². The first-order chi connectivity index (χ1) is 12.0. The second-order valence-electron chi connectivity index (χ2n) is 5.69. The Hall–Kier alpha value is -2.73. The van der Waals surface area contributed by atoms with Gasteiger partial charge in [0.2, 0.25) is 4.80 Å². The molecule has 0 spiro atoms. The van der Waals surface area contributed by atoms with Crippen LogP contribution in [0.2, 0.25) is 0 Å². The molecule has 6 heteroatoms. The molecule has 0 radical (unpaired) electrons. The molecule has 2 heterocycles. The fourth-order valence-electron chi connectivity index (χ4n) is 2.18. The van der Waals surface area contributed by atoms with E-state index in [4.69, 9.17) is 4.42 Å². The van der Waals surface area contributed by atoms with Gasteiger partial charge in [-0.1, -0.05) is 12.2 Å². The lowest BCUT2D eigenvalue weighted by atomic mass is 10.2. The number of hydrogen-bond acceptors (Lipinski definition) is 4. The van der Waals surface area contributed by atoms with Crippen LogP contribution in [0.25, 0.3) is 11.3 Å². The standard InChI is InChI=1S/C19H18FN3OS/c1-13(2)10-21-19-23(22-11-17-9-4-14(3)24-17)18(12-25-19)15-5-7-16(20)8-6-15/h4-9,11-12H,1,10H2,2-3H3. The molecular weight excluding hydrogens is 337 g/mol. The van der Waals surface area contributed by atoms with Gasteiger partial charge in [-0.2, -0.15) is 5.10 Å². The third-order valence-electron chi connectivity index (χ3n) is 3.37. The highest BCUT2D eigenvalue weighted by atomic mass is 32.1. The van der Waals surface area contributed by atoms with Crippen molar-refractivity contribution in [2.24, 2.45) is 10.1 Å². The molecule has 2 aromatic heterocycles. The zero-order valence-corrected chi connectivity index (χ0v) is 14.9. The Labute approximate surface area is 149 Å². The maximum Gasteiger partial charge on any atom is 0.206 e. The van der Waals surface area contributed by atoms with Crippen LogP contribution < -0.4 is 4.80 Å². The van der Waals surface area contributed by atoms with Crippen molar-refractivity contribution < 1.29 is 8.81 Å². The molecule has 128 valence electrons. The van der Waals surface area contributed by atoms with Crippen molar-refractivity contribution in [3.05, 3.63) is 76.1 Å². The average Bonchev–Trinajstić information content (AvgIpc) is 3.17. The second-order valence-corrected chi connectivity index (χ2v) is 6.53. The first kappa shape index (κ1) is 17.1. The summed E-state index contributed by atoms with van der Waals surface area (Å²) in [5.74, 6) is 1.21. The number of benzene rings is 1. The van der Waals surface area contributed by atoms with Crippen LogP contribution in [0, 0.1) is 12.7 Å². The molecule has 1 aromatic carbocycles. The molecule has 0 amide bonds. The van der Waals surface area contributed by atoms with Gasteiger partial charge in [-0.15, -0.1) is 11.3 Å². The van der Waals surface area contributed by atoms with E-state index in [9.17, 15) is 4.39 Å². The molecular formula is C19H18FN3OS. The largest absolute Gasteiger partial charge is 0.460 e. The van der Waals surface area contributed by atoms with Crippen LogP contribution >= 0.6 is 11.3 Å². The van der Waals surface area contributed by atoms with Crippen LogP contribution in [0.1, 0.15) is 18.4 Å². The van der Waals surface area contributed by atoms with Gasteiger partial charge >= 0.3 is 0 Å². The minimum absolute atomic E-state index is 0.271. The van der Waals surface area contributed by atoms with Gasteiger partial charge in [0.15, 0.2) is 0 Å². The maximum absolute atomic E-state index is 13.2. The van der Waals surface area contributed by atoms with Crippen molar-refractivity contribution in [1.82, 2.24) is 4.68 Å². The molecule has 25 heavy (non-hydrogen) atoms. The van der Waals surface area contributed by atoms with Gasteiger partial charge < -0.3 is 4.42 Å². The number of halogens is 1. The van der Waals surface area contributed by atoms with Crippen molar-refractivity contribution in [2.45, 2.75) is 13.8 Å². The minimum Gasteiger partial charge on any atom is -0.460 e. The van der Waals surface area contributed by atoms with Crippen molar-refractivity contribution in [1.29, 1.82) is 0 Å². The number of thiazole rings is 1. The fourth-order valence-corrected chi connectivity index (χ4v) is 3.02. The van der Waals surface area contributed by atoms with E-state index in [0.717, 1.165) is 27.4 Å². The molecule has 0 fully saturated rings. The fraction of sp³-hybridized carbons (Fsp3) is 0.158. The molecule has 0 atom stereocenters. The van der Waals surface area contributed by atoms with E-state index >= 15 is 0 Å². The van der Waals surface area contributed by atoms with E-state index in [1.165, 1.54) is 23.5 Å². The highest BCUT2D eigenvalue weighted by Gasteiger charge is 2.08. The maximum atomic E-state index is 13.2. The van der Waals surface area contributed by atoms with E-state index in [-0.39, 0.29) is 5.82 Å². The summed E-state index contributed by atoms with van der Waals surface area (Å²) in [6.07, 6.45) is 1.65. The third-order valence-corrected chi connectivity index (χ3v) is 4.23. The lowest BCUT2D eigenvalue weighted by Gasteiger charge is -2.03. The molecule has 0 aliphatic carbocycles. The van der Waals surface area contributed by atoms with Crippen LogP contribution in [0.15, 0.2) is 68.4 Å². The summed E-state index contributed by atoms with van der Waals surface area (Å²) in [7, 11) is 0. The summed E-state index contributed by atoms with van der Waals surface area (Å²) in [5.41, 5.74) is 2.67. The Balaban J connectivity index is 2.06. The summed E-state index contributed by atoms with van der Waals surface area (Å²) < 4.78 is 20.5. The van der Waals surface area contributed by atoms with Gasteiger partial charge in [0.25, 0.3) is 0 Å². The molecule has 0 aliphatic heterocycles. The number of furan rings is 1. The normalized spacial score (nSPS) is 12.2. The first-order valence-corrected chi connectivity index (χ1v) is 8.63. The molecule has 3 aromatic rings. The highest BCUT2D eigenvalue weighted by molar-refractivity contribution is 7.07. The Kier molecular flexibility index (Phi) is 5.09. The van der Waals surface area contributed by atoms with Crippen LogP contribution in [-0.4, -0.2) is 17.4 Å². The van der Waals surface area contributed by atoms with Crippen LogP contribution in [0.3, 0.4) is 0 Å². The molecule has 0 bridgehead atoms. The summed E-state index contributed by atoms with van der Waals surface area (Å²) in [5, 5.41) is 6.47. The predicted octanol–water partition coefficient (Wildman–Crippen LogP) is 4.62. The molecule has 0 N–H and O–H groups in total. The van der Waals surface area contributed by atoms with Crippen molar-refractivity contribution in [3.8, 4) is 11.3 Å². The topological polar surface area (TPSA) is 42.8 Å². The second kappa shape index (κ2) is 7.44. The van der Waals surface area contributed by atoms with Gasteiger partial charge in [-0.05, 0) is 50.2 Å². The van der Waals surface area contributed by atoms with E-state index in [1.807, 2.05) is 31.4 Å². The van der Waals surface area contributed by atoms with Gasteiger partial charge in [0, 0.05) is 10.9 Å². The Morgan fingerprint density at radius 2 is 2.04 bits per heavy atom. The number of aryl methyl sites for hydroxylation is 1. The summed E-state index contributed by atoms with van der Waals surface area (Å²) >= 11 is 1.47. The summed E-state index contributed by atoms with van der Waals surface area (Å²) in [4.78, 5) is 5.29. The predicted molar refractivity (Wildman–Crippen MR) is 99.4 cm³/mol. The van der Waals surface area contributed by atoms with E-state index in [2.05, 4.69) is 16.7 Å². The Bertz CT molecular complexity index is 977. The zero-order valence-electron chi connectivity index (χ0n) is 14.1. The molecule has 3 rings (SSSR count). The van der Waals surface area contributed by atoms with Crippen molar-refractivity contribution in [3.63, 3.8) is 0 Å². The molecule has 0 aliphatic rings. The van der Waals surface area contributed by atoms with Crippen molar-refractivity contribution >= 4 is 17.6 Å². The Morgan fingerprint density at radius 1 is 1.28 bits per heavy atom. The SMILES string of the molecule is C=C(C)CN=c1scc(-c2ccc(F)cc2)n1N=Cc1ccc(C)o1. The van der Waals surface area contributed by atoms with E-state index in [1.54, 1.807) is 23.0 Å². The number of rotatable bonds is 5. The van der Waals surface area contributed by atoms with Gasteiger partial charge in [-0.25, -0.2) is 9.07 Å². The lowest BCUT2D eigenvalue weighted by molar-refractivity contribution is 0.527. The molecule has 0 saturated carbocycles. The highest BCUT2D eigenvalue weighted by Crippen LogP contribution is 2.20. The zero-order chi connectivity index (χ0) is 17.8. The summed E-state index contributed by atoms with van der Waals surface area (Å²) in [6, 6.07) is 10.1. The lowest BCUT2D eigenvalue weighted by Crippen LogP contribution is -2.12. The van der Waals surface area contributed by atoms with Crippen molar-refractivity contribution in [2.75, 3.05) is 6.54 Å². The molecule has 0 saturated heterocycles. The van der Waals surface area contributed by atoms with Crippen LogP contribution in [-0.2, 0) is 0 Å². The molecule has 4 nitrogen and oxygen atoms in total. The Morgan fingerprint density at radius 3 is 2.68 bits per heavy atom. The first-order valence-electron chi connectivity index (χ1n) is 7.75. The van der Waals surface area contributed by atoms with Gasteiger partial charge in [-0.3, -0.25) is 4.99 Å². The monoisotopic (exact) mass is 355 g/mol. The third kappa shape index (κ3) is 4.22. The average molecular weight is 355 g/mol. The summed E-state index contributed by atoms with van der Waals surface area (Å²) in [6.45, 7) is 8.21. The minimum atomic E-state index is -0.271. The quantitative estimate of drug-likeness (QED) is 0.486. The van der Waals surface area contributed by atoms with Gasteiger partial charge in [0.1, 0.15) is 17.3 Å². The number of aromatic nitrogens is 1. The smallest absolute Gasteiger partial charge is 0.206 e.